The highest BCUT2D eigenvalue weighted by atomic mass is 16.5. The summed E-state index contributed by atoms with van der Waals surface area (Å²) in [5, 5.41) is 32.6. The molecule has 3 aromatic carbocycles. The van der Waals surface area contributed by atoms with Crippen LogP contribution in [0, 0.1) is 11.3 Å². The molecule has 2 unspecified atom stereocenters. The SMILES string of the molecule is COc1ccc(C#N)c(C(O)C(O)CNC(=O)OCC2c3ccccc3-c3ccccc32)c1. The summed E-state index contributed by atoms with van der Waals surface area (Å²) < 4.78 is 10.6. The predicted molar refractivity (Wildman–Crippen MR) is 122 cm³/mol. The van der Waals surface area contributed by atoms with Gasteiger partial charge >= 0.3 is 6.09 Å². The highest BCUT2D eigenvalue weighted by Crippen LogP contribution is 2.44. The number of rotatable bonds is 7. The summed E-state index contributed by atoms with van der Waals surface area (Å²) in [6, 6.07) is 22.6. The van der Waals surface area contributed by atoms with Crippen molar-refractivity contribution in [2.75, 3.05) is 20.3 Å². The zero-order valence-electron chi connectivity index (χ0n) is 18.1. The topological polar surface area (TPSA) is 112 Å². The van der Waals surface area contributed by atoms with Gasteiger partial charge in [0.25, 0.3) is 0 Å². The number of nitrogens with zero attached hydrogens (tertiary/aromatic N) is 1. The van der Waals surface area contributed by atoms with Crippen LogP contribution in [0.4, 0.5) is 4.79 Å². The Kier molecular flexibility index (Phi) is 6.59. The van der Waals surface area contributed by atoms with Crippen molar-refractivity contribution in [3.63, 3.8) is 0 Å². The van der Waals surface area contributed by atoms with Crippen LogP contribution in [-0.4, -0.2) is 42.7 Å². The third kappa shape index (κ3) is 4.53. The maximum absolute atomic E-state index is 12.3. The number of carbonyl (C=O) groups is 1. The molecule has 0 saturated carbocycles. The fourth-order valence-corrected chi connectivity index (χ4v) is 4.17. The van der Waals surface area contributed by atoms with Crippen LogP contribution in [0.3, 0.4) is 0 Å². The highest BCUT2D eigenvalue weighted by molar-refractivity contribution is 5.79. The average Bonchev–Trinajstić information content (AvgIpc) is 3.18. The van der Waals surface area contributed by atoms with E-state index in [9.17, 15) is 20.3 Å². The molecule has 0 saturated heterocycles. The van der Waals surface area contributed by atoms with Gasteiger partial charge in [-0.25, -0.2) is 4.79 Å². The van der Waals surface area contributed by atoms with Gasteiger partial charge in [0.1, 0.15) is 24.6 Å². The molecule has 1 amide bonds. The molecule has 2 atom stereocenters. The summed E-state index contributed by atoms with van der Waals surface area (Å²) in [6.45, 7) is -0.104. The summed E-state index contributed by atoms with van der Waals surface area (Å²) in [6.07, 6.45) is -3.43. The van der Waals surface area contributed by atoms with Gasteiger partial charge in [-0.05, 0) is 40.5 Å². The Bertz CT molecular complexity index is 1160. The van der Waals surface area contributed by atoms with E-state index in [1.807, 2.05) is 42.5 Å². The van der Waals surface area contributed by atoms with Crippen molar-refractivity contribution in [2.45, 2.75) is 18.1 Å². The molecule has 3 N–H and O–H groups in total. The number of ether oxygens (including phenoxy) is 2. The number of methoxy groups -OCH3 is 1. The quantitative estimate of drug-likeness (QED) is 0.514. The molecule has 1 aliphatic carbocycles. The zero-order valence-corrected chi connectivity index (χ0v) is 18.1. The molecule has 1 aliphatic rings. The highest BCUT2D eigenvalue weighted by Gasteiger charge is 2.29. The van der Waals surface area contributed by atoms with Gasteiger partial charge in [0.2, 0.25) is 0 Å². The predicted octanol–water partition coefficient (Wildman–Crippen LogP) is 3.50. The van der Waals surface area contributed by atoms with E-state index < -0.39 is 18.3 Å². The molecule has 33 heavy (non-hydrogen) atoms. The molecule has 0 radical (unpaired) electrons. The van der Waals surface area contributed by atoms with E-state index in [4.69, 9.17) is 9.47 Å². The molecule has 0 fully saturated rings. The van der Waals surface area contributed by atoms with Gasteiger partial charge in [-0.15, -0.1) is 0 Å². The molecule has 0 aromatic heterocycles. The van der Waals surface area contributed by atoms with E-state index in [1.165, 1.54) is 19.2 Å². The molecule has 0 aliphatic heterocycles. The third-order valence-electron chi connectivity index (χ3n) is 5.86. The summed E-state index contributed by atoms with van der Waals surface area (Å²) in [4.78, 5) is 12.3. The van der Waals surface area contributed by atoms with Crippen LogP contribution in [-0.2, 0) is 4.74 Å². The van der Waals surface area contributed by atoms with E-state index in [-0.39, 0.29) is 30.2 Å². The molecule has 168 valence electrons. The van der Waals surface area contributed by atoms with Gasteiger partial charge < -0.3 is 25.0 Å². The number of aliphatic hydroxyl groups excluding tert-OH is 2. The number of hydrogen-bond acceptors (Lipinski definition) is 6. The molecular weight excluding hydrogens is 420 g/mol. The number of aliphatic hydroxyl groups is 2. The molecule has 7 heteroatoms. The number of carbonyl (C=O) groups excluding carboxylic acids is 1. The number of fused-ring (bicyclic) bond motifs is 3. The van der Waals surface area contributed by atoms with Crippen LogP contribution in [0.15, 0.2) is 66.7 Å². The molecule has 7 nitrogen and oxygen atoms in total. The standard InChI is InChI=1S/C26H24N2O5/c1-32-17-11-10-16(13-27)22(12-17)25(30)24(29)14-28-26(31)33-15-23-20-8-4-2-6-18(20)19-7-3-5-9-21(19)23/h2-12,23-25,29-30H,14-15H2,1H3,(H,28,31). The largest absolute Gasteiger partial charge is 0.497 e. The van der Waals surface area contributed by atoms with Crippen LogP contribution in [0.2, 0.25) is 0 Å². The van der Waals surface area contributed by atoms with Gasteiger partial charge in [-0.2, -0.15) is 5.26 Å². The van der Waals surface area contributed by atoms with E-state index >= 15 is 0 Å². The first-order valence-corrected chi connectivity index (χ1v) is 10.6. The molecule has 3 aromatic rings. The number of amides is 1. The number of nitrogens with one attached hydrogen (secondary N) is 1. The minimum atomic E-state index is -1.39. The van der Waals surface area contributed by atoms with E-state index in [0.717, 1.165) is 22.3 Å². The monoisotopic (exact) mass is 444 g/mol. The zero-order chi connectivity index (χ0) is 23.4. The Morgan fingerprint density at radius 1 is 1.06 bits per heavy atom. The summed E-state index contributed by atoms with van der Waals surface area (Å²) >= 11 is 0. The number of nitriles is 1. The van der Waals surface area contributed by atoms with Gasteiger partial charge in [0.15, 0.2) is 0 Å². The number of hydrogen-bond donors (Lipinski definition) is 3. The van der Waals surface area contributed by atoms with Crippen molar-refractivity contribution < 1.29 is 24.5 Å². The van der Waals surface area contributed by atoms with Gasteiger partial charge in [0.05, 0.1) is 18.7 Å². The van der Waals surface area contributed by atoms with Crippen molar-refractivity contribution in [2.24, 2.45) is 0 Å². The molecule has 0 bridgehead atoms. The lowest BCUT2D eigenvalue weighted by Crippen LogP contribution is -2.36. The summed E-state index contributed by atoms with van der Waals surface area (Å²) in [5.74, 6) is 0.369. The van der Waals surface area contributed by atoms with Gasteiger partial charge in [-0.3, -0.25) is 0 Å². The Morgan fingerprint density at radius 2 is 1.70 bits per heavy atom. The maximum Gasteiger partial charge on any atom is 0.407 e. The average molecular weight is 444 g/mol. The van der Waals surface area contributed by atoms with Crippen molar-refractivity contribution in [3.8, 4) is 22.9 Å². The lowest BCUT2D eigenvalue weighted by molar-refractivity contribution is 0.0183. The summed E-state index contributed by atoms with van der Waals surface area (Å²) in [7, 11) is 1.46. The van der Waals surface area contributed by atoms with E-state index in [2.05, 4.69) is 17.4 Å². The van der Waals surface area contributed by atoms with Gasteiger partial charge in [-0.1, -0.05) is 48.5 Å². The number of alkyl carbamates (subject to hydrolysis) is 1. The molecular formula is C26H24N2O5. The Labute approximate surface area is 191 Å². The fraction of sp³-hybridized carbons (Fsp3) is 0.231. The molecule has 0 spiro atoms. The van der Waals surface area contributed by atoms with Gasteiger partial charge in [0, 0.05) is 18.0 Å². The first kappa shape index (κ1) is 22.3. The van der Waals surface area contributed by atoms with Crippen molar-refractivity contribution in [1.29, 1.82) is 5.26 Å². The second kappa shape index (κ2) is 9.74. The molecule has 0 heterocycles. The lowest BCUT2D eigenvalue weighted by atomic mass is 9.98. The first-order chi connectivity index (χ1) is 16.0. The Morgan fingerprint density at radius 3 is 2.30 bits per heavy atom. The second-order valence-electron chi connectivity index (χ2n) is 7.78. The van der Waals surface area contributed by atoms with E-state index in [0.29, 0.717) is 5.75 Å². The lowest BCUT2D eigenvalue weighted by Gasteiger charge is -2.20. The second-order valence-corrected chi connectivity index (χ2v) is 7.78. The fourth-order valence-electron chi connectivity index (χ4n) is 4.17. The maximum atomic E-state index is 12.3. The molecule has 4 rings (SSSR count). The van der Waals surface area contributed by atoms with Crippen molar-refractivity contribution in [1.82, 2.24) is 5.32 Å². The Hall–Kier alpha value is -3.86. The van der Waals surface area contributed by atoms with Crippen molar-refractivity contribution in [3.05, 3.63) is 89.0 Å². The van der Waals surface area contributed by atoms with Crippen LogP contribution < -0.4 is 10.1 Å². The minimum Gasteiger partial charge on any atom is -0.497 e. The van der Waals surface area contributed by atoms with Crippen LogP contribution in [0.1, 0.15) is 34.3 Å². The smallest absolute Gasteiger partial charge is 0.407 e. The van der Waals surface area contributed by atoms with Crippen LogP contribution in [0.25, 0.3) is 11.1 Å². The third-order valence-corrected chi connectivity index (χ3v) is 5.86. The minimum absolute atomic E-state index is 0.0753. The van der Waals surface area contributed by atoms with Crippen LogP contribution in [0.5, 0.6) is 5.75 Å². The number of benzene rings is 3. The Balaban J connectivity index is 1.36. The first-order valence-electron chi connectivity index (χ1n) is 10.6. The van der Waals surface area contributed by atoms with E-state index in [1.54, 1.807) is 6.07 Å². The normalized spacial score (nSPS) is 13.9. The van der Waals surface area contributed by atoms with Crippen LogP contribution >= 0.6 is 0 Å². The van der Waals surface area contributed by atoms with Crippen molar-refractivity contribution >= 4 is 6.09 Å². The summed E-state index contributed by atoms with van der Waals surface area (Å²) in [5.41, 5.74) is 4.90.